The monoisotopic (exact) mass is 647 g/mol. The van der Waals surface area contributed by atoms with Crippen molar-refractivity contribution in [1.82, 2.24) is 10.2 Å². The first-order valence-electron chi connectivity index (χ1n) is 14.7. The number of nitrogens with zero attached hydrogens (tertiary/aromatic N) is 2. The van der Waals surface area contributed by atoms with Gasteiger partial charge in [0, 0.05) is 24.5 Å². The largest absolute Gasteiger partial charge is 0.497 e. The summed E-state index contributed by atoms with van der Waals surface area (Å²) in [6.45, 7) is 3.84. The number of amides is 2. The van der Waals surface area contributed by atoms with E-state index < -0.39 is 28.5 Å². The standard InChI is InChI=1S/C35H38ClN3O5S/c1-26(2)23-37-35(41)33(22-27-12-6-4-7-13-27)38(24-28-14-10-11-17-32(28)36)34(40)25-39(29-15-8-5-9-16-29)45(42,43)31-20-18-30(44-3)19-21-31/h4-21,26,33H,22-25H2,1-3H3,(H,37,41)/t33-/m0/s1. The van der Waals surface area contributed by atoms with Crippen LogP contribution in [0.25, 0.3) is 0 Å². The van der Waals surface area contributed by atoms with E-state index in [-0.39, 0.29) is 29.7 Å². The number of carbonyl (C=O) groups is 2. The van der Waals surface area contributed by atoms with Crippen molar-refractivity contribution in [3.05, 3.63) is 125 Å². The van der Waals surface area contributed by atoms with Crippen molar-refractivity contribution in [3.8, 4) is 5.75 Å². The highest BCUT2D eigenvalue weighted by Crippen LogP contribution is 2.27. The molecule has 45 heavy (non-hydrogen) atoms. The summed E-state index contributed by atoms with van der Waals surface area (Å²) in [5, 5.41) is 3.41. The van der Waals surface area contributed by atoms with Gasteiger partial charge in [0.1, 0.15) is 18.3 Å². The number of carbonyl (C=O) groups excluding carboxylic acids is 2. The summed E-state index contributed by atoms with van der Waals surface area (Å²) in [6, 6.07) is 30.0. The molecule has 0 radical (unpaired) electrons. The summed E-state index contributed by atoms with van der Waals surface area (Å²) < 4.78 is 34.5. The lowest BCUT2D eigenvalue weighted by Crippen LogP contribution is -2.53. The van der Waals surface area contributed by atoms with Crippen LogP contribution in [0, 0.1) is 5.92 Å². The molecule has 4 aromatic rings. The van der Waals surface area contributed by atoms with E-state index in [1.54, 1.807) is 66.7 Å². The van der Waals surface area contributed by atoms with Crippen LogP contribution in [0.5, 0.6) is 5.75 Å². The third-order valence-corrected chi connectivity index (χ3v) is 9.38. The van der Waals surface area contributed by atoms with E-state index in [9.17, 15) is 18.0 Å². The highest BCUT2D eigenvalue weighted by Gasteiger charge is 2.35. The van der Waals surface area contributed by atoms with E-state index in [4.69, 9.17) is 16.3 Å². The van der Waals surface area contributed by atoms with E-state index in [0.717, 1.165) is 9.87 Å². The van der Waals surface area contributed by atoms with Gasteiger partial charge in [-0.2, -0.15) is 0 Å². The summed E-state index contributed by atoms with van der Waals surface area (Å²) in [4.78, 5) is 29.7. The summed E-state index contributed by atoms with van der Waals surface area (Å²) in [7, 11) is -2.72. The van der Waals surface area contributed by atoms with Gasteiger partial charge < -0.3 is 15.0 Å². The number of halogens is 1. The Morgan fingerprint density at radius 3 is 2.04 bits per heavy atom. The van der Waals surface area contributed by atoms with Gasteiger partial charge in [0.05, 0.1) is 17.7 Å². The molecule has 0 spiro atoms. The first kappa shape index (κ1) is 33.6. The fourth-order valence-electron chi connectivity index (χ4n) is 4.78. The molecule has 1 N–H and O–H groups in total. The second kappa shape index (κ2) is 15.6. The van der Waals surface area contributed by atoms with Crippen molar-refractivity contribution in [2.24, 2.45) is 5.92 Å². The summed E-state index contributed by atoms with van der Waals surface area (Å²) in [6.07, 6.45) is 0.220. The molecule has 0 heterocycles. The smallest absolute Gasteiger partial charge is 0.264 e. The molecule has 2 amide bonds. The normalized spacial score (nSPS) is 11.9. The van der Waals surface area contributed by atoms with Crippen LogP contribution < -0.4 is 14.4 Å². The Morgan fingerprint density at radius 2 is 1.44 bits per heavy atom. The average molecular weight is 648 g/mol. The van der Waals surface area contributed by atoms with Crippen LogP contribution >= 0.6 is 11.6 Å². The van der Waals surface area contributed by atoms with Gasteiger partial charge in [0.15, 0.2) is 0 Å². The molecule has 0 aliphatic heterocycles. The SMILES string of the molecule is COc1ccc(S(=O)(=O)N(CC(=O)N(Cc2ccccc2Cl)[C@@H](Cc2ccccc2)C(=O)NCC(C)C)c2ccccc2)cc1. The molecule has 1 atom stereocenters. The lowest BCUT2D eigenvalue weighted by atomic mass is 10.0. The average Bonchev–Trinajstić information content (AvgIpc) is 3.05. The summed E-state index contributed by atoms with van der Waals surface area (Å²) in [5.41, 5.74) is 1.79. The van der Waals surface area contributed by atoms with Crippen LogP contribution in [0.2, 0.25) is 5.02 Å². The quantitative estimate of drug-likeness (QED) is 0.182. The van der Waals surface area contributed by atoms with E-state index in [1.165, 1.54) is 24.1 Å². The number of para-hydroxylation sites is 1. The number of hydrogen-bond donors (Lipinski definition) is 1. The number of methoxy groups -OCH3 is 1. The molecule has 0 aromatic heterocycles. The number of nitrogens with one attached hydrogen (secondary N) is 1. The molecule has 0 saturated heterocycles. The lowest BCUT2D eigenvalue weighted by Gasteiger charge is -2.34. The minimum atomic E-state index is -4.21. The van der Waals surface area contributed by atoms with Gasteiger partial charge in [-0.25, -0.2) is 8.42 Å². The predicted octanol–water partition coefficient (Wildman–Crippen LogP) is 5.96. The lowest BCUT2D eigenvalue weighted by molar-refractivity contribution is -0.140. The van der Waals surface area contributed by atoms with E-state index in [2.05, 4.69) is 5.32 Å². The third kappa shape index (κ3) is 8.86. The molecule has 236 valence electrons. The molecule has 0 aliphatic rings. The Bertz CT molecular complexity index is 1670. The Morgan fingerprint density at radius 1 is 0.844 bits per heavy atom. The first-order chi connectivity index (χ1) is 21.6. The van der Waals surface area contributed by atoms with Crippen LogP contribution in [0.4, 0.5) is 5.69 Å². The topological polar surface area (TPSA) is 96.0 Å². The van der Waals surface area contributed by atoms with E-state index in [0.29, 0.717) is 28.6 Å². The summed E-state index contributed by atoms with van der Waals surface area (Å²) >= 11 is 6.54. The molecule has 0 unspecified atom stereocenters. The minimum Gasteiger partial charge on any atom is -0.497 e. The van der Waals surface area contributed by atoms with Gasteiger partial charge >= 0.3 is 0 Å². The van der Waals surface area contributed by atoms with Crippen molar-refractivity contribution >= 4 is 39.1 Å². The van der Waals surface area contributed by atoms with Crippen LogP contribution in [0.15, 0.2) is 114 Å². The van der Waals surface area contributed by atoms with Gasteiger partial charge in [0.25, 0.3) is 10.0 Å². The maximum absolute atomic E-state index is 14.5. The minimum absolute atomic E-state index is 0.00365. The molecule has 10 heteroatoms. The maximum Gasteiger partial charge on any atom is 0.264 e. The van der Waals surface area contributed by atoms with Gasteiger partial charge in [0.2, 0.25) is 11.8 Å². The zero-order valence-corrected chi connectivity index (χ0v) is 27.2. The molecular formula is C35H38ClN3O5S. The Balaban J connectivity index is 1.78. The molecule has 8 nitrogen and oxygen atoms in total. The number of hydrogen-bond acceptors (Lipinski definition) is 5. The number of ether oxygens (including phenoxy) is 1. The number of sulfonamides is 1. The molecule has 0 aliphatic carbocycles. The van der Waals surface area contributed by atoms with Crippen LogP contribution in [0.1, 0.15) is 25.0 Å². The second-order valence-corrected chi connectivity index (χ2v) is 13.2. The van der Waals surface area contributed by atoms with Gasteiger partial charge in [-0.15, -0.1) is 0 Å². The van der Waals surface area contributed by atoms with Crippen molar-refractivity contribution in [1.29, 1.82) is 0 Å². The van der Waals surface area contributed by atoms with Crippen LogP contribution in [0.3, 0.4) is 0 Å². The molecule has 4 aromatic carbocycles. The number of rotatable bonds is 14. The zero-order chi connectivity index (χ0) is 32.4. The molecule has 0 bridgehead atoms. The van der Waals surface area contributed by atoms with E-state index in [1.807, 2.05) is 44.2 Å². The van der Waals surface area contributed by atoms with Crippen molar-refractivity contribution < 1.29 is 22.7 Å². The Kier molecular flexibility index (Phi) is 11.6. The highest BCUT2D eigenvalue weighted by molar-refractivity contribution is 7.92. The first-order valence-corrected chi connectivity index (χ1v) is 16.5. The van der Waals surface area contributed by atoms with Crippen molar-refractivity contribution in [2.75, 3.05) is 24.5 Å². The van der Waals surface area contributed by atoms with Crippen LogP contribution in [-0.4, -0.2) is 51.4 Å². The Labute approximate surface area is 270 Å². The summed E-state index contributed by atoms with van der Waals surface area (Å²) in [5.74, 6) is -0.214. The van der Waals surface area contributed by atoms with Crippen molar-refractivity contribution in [3.63, 3.8) is 0 Å². The van der Waals surface area contributed by atoms with Gasteiger partial charge in [-0.1, -0.05) is 92.2 Å². The Hall–Kier alpha value is -4.34. The fraction of sp³-hybridized carbons (Fsp3) is 0.257. The maximum atomic E-state index is 14.5. The molecule has 0 fully saturated rings. The van der Waals surface area contributed by atoms with E-state index >= 15 is 0 Å². The van der Waals surface area contributed by atoms with Crippen molar-refractivity contribution in [2.45, 2.75) is 37.8 Å². The number of benzene rings is 4. The molecule has 4 rings (SSSR count). The zero-order valence-electron chi connectivity index (χ0n) is 25.6. The molecular weight excluding hydrogens is 610 g/mol. The predicted molar refractivity (Wildman–Crippen MR) is 178 cm³/mol. The second-order valence-electron chi connectivity index (χ2n) is 11.0. The van der Waals surface area contributed by atoms with Crippen LogP contribution in [-0.2, 0) is 32.6 Å². The highest BCUT2D eigenvalue weighted by atomic mass is 35.5. The molecule has 0 saturated carbocycles. The van der Waals surface area contributed by atoms with Gasteiger partial charge in [-0.3, -0.25) is 13.9 Å². The third-order valence-electron chi connectivity index (χ3n) is 7.22. The van der Waals surface area contributed by atoms with Gasteiger partial charge in [-0.05, 0) is 59.5 Å². The fourth-order valence-corrected chi connectivity index (χ4v) is 6.39. The number of anilines is 1.